The van der Waals surface area contributed by atoms with Crippen LogP contribution in [0.25, 0.3) is 0 Å². The Labute approximate surface area is 146 Å². The molecule has 1 aliphatic rings. The first kappa shape index (κ1) is 19.3. The molecular weight excluding hydrogens is 348 g/mol. The molecule has 2 rings (SSSR count). The summed E-state index contributed by atoms with van der Waals surface area (Å²) >= 11 is 0. The molecule has 1 aliphatic carbocycles. The van der Waals surface area contributed by atoms with Crippen molar-refractivity contribution in [2.24, 2.45) is 5.92 Å². The molecule has 0 aromatic heterocycles. The minimum Gasteiger partial charge on any atom is -0.469 e. The Hall–Kier alpha value is -2.00. The molecule has 0 aliphatic heterocycles. The van der Waals surface area contributed by atoms with Crippen molar-refractivity contribution in [2.75, 3.05) is 7.11 Å². The van der Waals surface area contributed by atoms with Gasteiger partial charge < -0.3 is 4.74 Å². The van der Waals surface area contributed by atoms with E-state index in [1.54, 1.807) is 0 Å². The van der Waals surface area contributed by atoms with Gasteiger partial charge in [0.25, 0.3) is 5.69 Å². The number of para-hydroxylation sites is 1. The minimum atomic E-state index is -4.14. The van der Waals surface area contributed by atoms with E-state index >= 15 is 0 Å². The van der Waals surface area contributed by atoms with Crippen LogP contribution in [0, 0.1) is 16.0 Å². The highest BCUT2D eigenvalue weighted by atomic mass is 32.2. The predicted octanol–water partition coefficient (Wildman–Crippen LogP) is 2.39. The molecule has 1 aromatic rings. The summed E-state index contributed by atoms with van der Waals surface area (Å²) in [5, 5.41) is 11.1. The molecule has 0 unspecified atom stereocenters. The smallest absolute Gasteiger partial charge is 0.307 e. The Balaban J connectivity index is 2.29. The average Bonchev–Trinajstić information content (AvgIpc) is 2.61. The van der Waals surface area contributed by atoms with Gasteiger partial charge in [0.15, 0.2) is 4.90 Å². The summed E-state index contributed by atoms with van der Waals surface area (Å²) in [6, 6.07) is 4.53. The van der Waals surface area contributed by atoms with Gasteiger partial charge in [-0.25, -0.2) is 13.1 Å². The van der Waals surface area contributed by atoms with Crippen molar-refractivity contribution in [2.45, 2.75) is 49.5 Å². The zero-order valence-electron chi connectivity index (χ0n) is 14.0. The van der Waals surface area contributed by atoms with Gasteiger partial charge in [-0.3, -0.25) is 14.9 Å². The number of carbonyl (C=O) groups is 1. The fourth-order valence-electron chi connectivity index (χ4n) is 3.20. The van der Waals surface area contributed by atoms with E-state index in [2.05, 4.69) is 9.46 Å². The Kier molecular flexibility index (Phi) is 6.49. The van der Waals surface area contributed by atoms with Crippen molar-refractivity contribution in [3.8, 4) is 0 Å². The molecule has 138 valence electrons. The van der Waals surface area contributed by atoms with Crippen LogP contribution in [-0.4, -0.2) is 32.5 Å². The van der Waals surface area contributed by atoms with Gasteiger partial charge in [0.1, 0.15) is 0 Å². The van der Waals surface area contributed by atoms with Crippen LogP contribution < -0.4 is 4.72 Å². The van der Waals surface area contributed by atoms with E-state index in [4.69, 9.17) is 0 Å². The number of nitro groups is 1. The maximum atomic E-state index is 12.7. The highest BCUT2D eigenvalue weighted by Crippen LogP contribution is 2.30. The molecule has 0 amide bonds. The molecule has 1 N–H and O–H groups in total. The van der Waals surface area contributed by atoms with Gasteiger partial charge in [0.05, 0.1) is 18.5 Å². The van der Waals surface area contributed by atoms with Crippen molar-refractivity contribution < 1.29 is 22.9 Å². The number of sulfonamides is 1. The molecule has 25 heavy (non-hydrogen) atoms. The zero-order chi connectivity index (χ0) is 18.4. The van der Waals surface area contributed by atoms with Gasteiger partial charge in [-0.05, 0) is 24.8 Å². The van der Waals surface area contributed by atoms with E-state index in [-0.39, 0.29) is 12.3 Å². The number of nitro benzene ring substituents is 1. The molecule has 1 atom stereocenters. The van der Waals surface area contributed by atoms with E-state index in [1.165, 1.54) is 25.3 Å². The van der Waals surface area contributed by atoms with E-state index < -0.39 is 37.5 Å². The highest BCUT2D eigenvalue weighted by Gasteiger charge is 2.33. The molecule has 0 bridgehead atoms. The third-order valence-electron chi connectivity index (χ3n) is 4.49. The number of nitrogens with zero attached hydrogens (tertiary/aromatic N) is 1. The first-order valence-corrected chi connectivity index (χ1v) is 9.66. The number of rotatable bonds is 7. The van der Waals surface area contributed by atoms with Gasteiger partial charge in [0.2, 0.25) is 10.0 Å². The number of benzene rings is 1. The van der Waals surface area contributed by atoms with Gasteiger partial charge in [-0.2, -0.15) is 0 Å². The first-order chi connectivity index (χ1) is 11.8. The minimum absolute atomic E-state index is 0.00499. The molecular formula is C16H22N2O6S. The summed E-state index contributed by atoms with van der Waals surface area (Å²) in [6.45, 7) is 0. The molecule has 1 saturated carbocycles. The van der Waals surface area contributed by atoms with E-state index in [1.807, 2.05) is 0 Å². The lowest BCUT2D eigenvalue weighted by atomic mass is 9.83. The monoisotopic (exact) mass is 370 g/mol. The summed E-state index contributed by atoms with van der Waals surface area (Å²) in [7, 11) is -2.89. The first-order valence-electron chi connectivity index (χ1n) is 8.17. The van der Waals surface area contributed by atoms with Crippen LogP contribution in [0.1, 0.15) is 38.5 Å². The van der Waals surface area contributed by atoms with Crippen LogP contribution in [0.5, 0.6) is 0 Å². The fourth-order valence-corrected chi connectivity index (χ4v) is 4.68. The summed E-state index contributed by atoms with van der Waals surface area (Å²) in [5.74, 6) is -0.508. The Morgan fingerprint density at radius 1 is 1.32 bits per heavy atom. The summed E-state index contributed by atoms with van der Waals surface area (Å²) in [6.07, 6.45) is 4.53. The van der Waals surface area contributed by atoms with Crippen LogP contribution in [0.4, 0.5) is 5.69 Å². The molecule has 0 saturated heterocycles. The van der Waals surface area contributed by atoms with Crippen molar-refractivity contribution in [3.63, 3.8) is 0 Å². The number of nitrogens with one attached hydrogen (secondary N) is 1. The molecule has 0 spiro atoms. The Bertz CT molecular complexity index is 728. The molecule has 8 nitrogen and oxygen atoms in total. The SMILES string of the molecule is COC(=O)C[C@@H](NS(=O)(=O)c1ccccc1[N+](=O)[O-])C1CCCCC1. The van der Waals surface area contributed by atoms with Crippen molar-refractivity contribution in [3.05, 3.63) is 34.4 Å². The number of carbonyl (C=O) groups excluding carboxylic acids is 1. The molecule has 0 radical (unpaired) electrons. The third-order valence-corrected chi connectivity index (χ3v) is 6.03. The summed E-state index contributed by atoms with van der Waals surface area (Å²) < 4.78 is 32.6. The number of esters is 1. The second-order valence-corrected chi connectivity index (χ2v) is 7.81. The van der Waals surface area contributed by atoms with E-state index in [0.717, 1.165) is 38.2 Å². The van der Waals surface area contributed by atoms with Gasteiger partial charge in [-0.15, -0.1) is 0 Å². The lowest BCUT2D eigenvalue weighted by Crippen LogP contribution is -2.42. The Morgan fingerprint density at radius 3 is 2.56 bits per heavy atom. The van der Waals surface area contributed by atoms with E-state index in [0.29, 0.717) is 0 Å². The van der Waals surface area contributed by atoms with Crippen LogP contribution >= 0.6 is 0 Å². The summed E-state index contributed by atoms with van der Waals surface area (Å²) in [4.78, 5) is 21.7. The van der Waals surface area contributed by atoms with Gasteiger partial charge >= 0.3 is 5.97 Å². The Morgan fingerprint density at radius 2 is 1.96 bits per heavy atom. The van der Waals surface area contributed by atoms with Gasteiger partial charge in [-0.1, -0.05) is 31.4 Å². The molecule has 0 heterocycles. The average molecular weight is 370 g/mol. The standard InChI is InChI=1S/C16H22N2O6S/c1-24-16(19)11-13(12-7-3-2-4-8-12)17-25(22,23)15-10-6-5-9-14(15)18(20)21/h5-6,9-10,12-13,17H,2-4,7-8,11H2,1H3/t13-/m1/s1. The van der Waals surface area contributed by atoms with E-state index in [9.17, 15) is 23.3 Å². The normalized spacial score (nSPS) is 17.0. The van der Waals surface area contributed by atoms with Crippen molar-refractivity contribution in [1.29, 1.82) is 0 Å². The number of ether oxygens (including phenoxy) is 1. The maximum Gasteiger partial charge on any atom is 0.307 e. The topological polar surface area (TPSA) is 116 Å². The number of methoxy groups -OCH3 is 1. The summed E-state index contributed by atoms with van der Waals surface area (Å²) in [5.41, 5.74) is -0.490. The second kappa shape index (κ2) is 8.39. The lowest BCUT2D eigenvalue weighted by molar-refractivity contribution is -0.387. The van der Waals surface area contributed by atoms with Gasteiger partial charge in [0, 0.05) is 12.1 Å². The highest BCUT2D eigenvalue weighted by molar-refractivity contribution is 7.89. The third kappa shape index (κ3) is 4.99. The largest absolute Gasteiger partial charge is 0.469 e. The predicted molar refractivity (Wildman–Crippen MR) is 90.4 cm³/mol. The molecule has 9 heteroatoms. The van der Waals surface area contributed by atoms with Crippen LogP contribution in [0.2, 0.25) is 0 Å². The van der Waals surface area contributed by atoms with Crippen LogP contribution in [0.15, 0.2) is 29.2 Å². The van der Waals surface area contributed by atoms with Crippen LogP contribution in [-0.2, 0) is 19.6 Å². The number of hydrogen-bond donors (Lipinski definition) is 1. The quantitative estimate of drug-likeness (QED) is 0.447. The number of hydrogen-bond acceptors (Lipinski definition) is 6. The van der Waals surface area contributed by atoms with Crippen molar-refractivity contribution >= 4 is 21.7 Å². The zero-order valence-corrected chi connectivity index (χ0v) is 14.8. The molecule has 1 aromatic carbocycles. The van der Waals surface area contributed by atoms with Crippen molar-refractivity contribution in [1.82, 2.24) is 4.72 Å². The lowest BCUT2D eigenvalue weighted by Gasteiger charge is -2.30. The second-order valence-electron chi connectivity index (χ2n) is 6.13. The fraction of sp³-hybridized carbons (Fsp3) is 0.562. The maximum absolute atomic E-state index is 12.7. The van der Waals surface area contributed by atoms with Crippen LogP contribution in [0.3, 0.4) is 0 Å². The molecule has 1 fully saturated rings.